The fraction of sp³-hybridized carbons (Fsp3) is 0.562. The molecule has 0 saturated carbocycles. The van der Waals surface area contributed by atoms with Crippen LogP contribution in [0, 0.1) is 29.6 Å². The van der Waals surface area contributed by atoms with Crippen molar-refractivity contribution < 1.29 is 14.4 Å². The second kappa shape index (κ2) is 6.03. The maximum absolute atomic E-state index is 10.1. The third kappa shape index (κ3) is 3.56. The molecule has 0 aromatic carbocycles. The average Bonchev–Trinajstić information content (AvgIpc) is 2.78. The molecule has 1 rings (SSSR count). The van der Waals surface area contributed by atoms with E-state index in [2.05, 4.69) is 28.8 Å². The molecule has 1 aromatic heterocycles. The molecule has 0 aliphatic rings. The van der Waals surface area contributed by atoms with Crippen molar-refractivity contribution in [3.8, 4) is 29.6 Å². The van der Waals surface area contributed by atoms with Crippen molar-refractivity contribution in [2.45, 2.75) is 52.7 Å². The van der Waals surface area contributed by atoms with Crippen LogP contribution in [0.3, 0.4) is 0 Å². The molecule has 20 heavy (non-hydrogen) atoms. The van der Waals surface area contributed by atoms with Crippen LogP contribution in [-0.2, 0) is 5.60 Å². The molecule has 0 radical (unpaired) electrons. The van der Waals surface area contributed by atoms with E-state index in [0.717, 1.165) is 0 Å². The van der Waals surface area contributed by atoms with Crippen molar-refractivity contribution in [1.29, 1.82) is 0 Å². The van der Waals surface area contributed by atoms with Gasteiger partial charge in [0, 0.05) is 12.0 Å². The van der Waals surface area contributed by atoms with E-state index in [-0.39, 0.29) is 17.6 Å². The lowest BCUT2D eigenvalue weighted by atomic mass is 9.93. The van der Waals surface area contributed by atoms with Gasteiger partial charge in [-0.25, -0.2) is 0 Å². The van der Waals surface area contributed by atoms with Crippen LogP contribution in [0.25, 0.3) is 0 Å². The number of ether oxygens (including phenoxy) is 1. The number of nitrogens with zero attached hydrogens (tertiary/aromatic N) is 1. The molecule has 4 heteroatoms. The van der Waals surface area contributed by atoms with Crippen LogP contribution >= 0.6 is 0 Å². The first kappa shape index (κ1) is 16.1. The van der Waals surface area contributed by atoms with Gasteiger partial charge in [-0.15, -0.1) is 11.8 Å². The molecular formula is C16H21NO3. The third-order valence-electron chi connectivity index (χ3n) is 3.13. The Balaban J connectivity index is 3.02. The van der Waals surface area contributed by atoms with Gasteiger partial charge in [-0.05, 0) is 32.9 Å². The molecule has 0 bridgehead atoms. The molecule has 0 aliphatic heterocycles. The Morgan fingerprint density at radius 1 is 1.25 bits per heavy atom. The number of hydrogen-bond acceptors (Lipinski definition) is 4. The Labute approximate surface area is 120 Å². The molecular weight excluding hydrogens is 254 g/mol. The largest absolute Gasteiger partial charge is 0.456 e. The van der Waals surface area contributed by atoms with Crippen molar-refractivity contribution in [1.82, 2.24) is 5.16 Å². The highest BCUT2D eigenvalue weighted by Gasteiger charge is 2.32. The van der Waals surface area contributed by atoms with Crippen LogP contribution in [0.5, 0.6) is 5.88 Å². The van der Waals surface area contributed by atoms with Gasteiger partial charge in [0.05, 0.1) is 0 Å². The summed E-state index contributed by atoms with van der Waals surface area (Å²) in [7, 11) is 0. The molecule has 0 amide bonds. The van der Waals surface area contributed by atoms with Crippen LogP contribution in [0.1, 0.15) is 47.3 Å². The van der Waals surface area contributed by atoms with E-state index in [1.807, 2.05) is 20.8 Å². The Bertz CT molecular complexity index is 578. The Morgan fingerprint density at radius 3 is 2.35 bits per heavy atom. The van der Waals surface area contributed by atoms with Gasteiger partial charge < -0.3 is 14.4 Å². The fourth-order valence-corrected chi connectivity index (χ4v) is 1.59. The maximum atomic E-state index is 10.1. The summed E-state index contributed by atoms with van der Waals surface area (Å²) in [6.45, 7) is 10.9. The van der Waals surface area contributed by atoms with Crippen LogP contribution in [0.15, 0.2) is 10.6 Å². The highest BCUT2D eigenvalue weighted by atomic mass is 16.6. The minimum absolute atomic E-state index is 0.172. The second-order valence-corrected chi connectivity index (χ2v) is 5.22. The molecule has 108 valence electrons. The van der Waals surface area contributed by atoms with Crippen LogP contribution in [0.2, 0.25) is 0 Å². The topological polar surface area (TPSA) is 55.5 Å². The molecule has 0 fully saturated rings. The van der Waals surface area contributed by atoms with Gasteiger partial charge in [0.25, 0.3) is 5.88 Å². The molecule has 2 atom stereocenters. The monoisotopic (exact) mass is 275 g/mol. The predicted octanol–water partition coefficient (Wildman–Crippen LogP) is 2.72. The Kier molecular flexibility index (Phi) is 4.87. The van der Waals surface area contributed by atoms with Crippen molar-refractivity contribution in [2.75, 3.05) is 0 Å². The van der Waals surface area contributed by atoms with E-state index in [4.69, 9.17) is 9.26 Å². The molecule has 0 aliphatic carbocycles. The van der Waals surface area contributed by atoms with E-state index in [0.29, 0.717) is 0 Å². The zero-order valence-electron chi connectivity index (χ0n) is 12.9. The van der Waals surface area contributed by atoms with Gasteiger partial charge >= 0.3 is 0 Å². The number of aliphatic hydroxyl groups is 1. The van der Waals surface area contributed by atoms with Crippen molar-refractivity contribution in [3.63, 3.8) is 0 Å². The first-order chi connectivity index (χ1) is 9.25. The fourth-order valence-electron chi connectivity index (χ4n) is 1.59. The molecule has 0 saturated heterocycles. The molecule has 0 spiro atoms. The minimum Gasteiger partial charge on any atom is -0.456 e. The smallest absolute Gasteiger partial charge is 0.255 e. The van der Waals surface area contributed by atoms with Gasteiger partial charge in [-0.2, -0.15) is 0 Å². The number of hydrogen-bond donors (Lipinski definition) is 1. The van der Waals surface area contributed by atoms with E-state index in [1.165, 1.54) is 0 Å². The lowest BCUT2D eigenvalue weighted by Crippen LogP contribution is -2.36. The van der Waals surface area contributed by atoms with E-state index in [9.17, 15) is 5.11 Å². The maximum Gasteiger partial charge on any atom is 0.255 e. The third-order valence-corrected chi connectivity index (χ3v) is 3.13. The number of aromatic nitrogens is 1. The Hall–Kier alpha value is -1.91. The quantitative estimate of drug-likeness (QED) is 0.858. The predicted molar refractivity (Wildman–Crippen MR) is 76.8 cm³/mol. The molecule has 4 nitrogen and oxygen atoms in total. The molecule has 1 heterocycles. The molecule has 1 unspecified atom stereocenters. The number of rotatable bonds is 4. The first-order valence-corrected chi connectivity index (χ1v) is 6.51. The summed E-state index contributed by atoms with van der Waals surface area (Å²) < 4.78 is 10.9. The summed E-state index contributed by atoms with van der Waals surface area (Å²) >= 11 is 0. The normalized spacial score (nSPS) is 16.2. The van der Waals surface area contributed by atoms with Gasteiger partial charge in [0.1, 0.15) is 0 Å². The lowest BCUT2D eigenvalue weighted by Gasteiger charge is -2.27. The summed E-state index contributed by atoms with van der Waals surface area (Å²) in [5.74, 6) is 11.9. The first-order valence-electron chi connectivity index (χ1n) is 6.51. The standard InChI is InChI=1S/C16H21NO3/c1-7-9-15(5,18)13-11-14(17-20-13)19-16(6,10-8-2)12(3)4/h11-12,18H,1-6H3/t15-,16?/m1/s1. The van der Waals surface area contributed by atoms with Gasteiger partial charge in [-0.3, -0.25) is 0 Å². The summed E-state index contributed by atoms with van der Waals surface area (Å²) in [6.07, 6.45) is 0. The van der Waals surface area contributed by atoms with Gasteiger partial charge in [0.15, 0.2) is 17.0 Å². The van der Waals surface area contributed by atoms with Crippen molar-refractivity contribution in [3.05, 3.63) is 11.8 Å². The summed E-state index contributed by atoms with van der Waals surface area (Å²) in [6, 6.07) is 1.54. The van der Waals surface area contributed by atoms with E-state index >= 15 is 0 Å². The van der Waals surface area contributed by atoms with E-state index in [1.54, 1.807) is 26.8 Å². The molecule has 1 N–H and O–H groups in total. The molecule has 1 aromatic rings. The zero-order chi connectivity index (χ0) is 15.4. The van der Waals surface area contributed by atoms with Crippen molar-refractivity contribution in [2.24, 2.45) is 5.92 Å². The zero-order valence-corrected chi connectivity index (χ0v) is 12.9. The second-order valence-electron chi connectivity index (χ2n) is 5.22. The summed E-state index contributed by atoms with van der Waals surface area (Å²) in [5.41, 5.74) is -2.04. The van der Waals surface area contributed by atoms with E-state index < -0.39 is 11.2 Å². The van der Waals surface area contributed by atoms with Crippen LogP contribution in [-0.4, -0.2) is 15.9 Å². The van der Waals surface area contributed by atoms with Gasteiger partial charge in [0.2, 0.25) is 0 Å². The summed E-state index contributed by atoms with van der Waals surface area (Å²) in [5, 5.41) is 13.9. The van der Waals surface area contributed by atoms with Gasteiger partial charge in [-0.1, -0.05) is 25.7 Å². The average molecular weight is 275 g/mol. The summed E-state index contributed by atoms with van der Waals surface area (Å²) in [4.78, 5) is 0. The Morgan fingerprint density at radius 2 is 1.85 bits per heavy atom. The highest BCUT2D eigenvalue weighted by molar-refractivity contribution is 5.27. The highest BCUT2D eigenvalue weighted by Crippen LogP contribution is 2.28. The van der Waals surface area contributed by atoms with Crippen LogP contribution in [0.4, 0.5) is 0 Å². The minimum atomic E-state index is -1.38. The van der Waals surface area contributed by atoms with Crippen LogP contribution < -0.4 is 4.74 Å². The lowest BCUT2D eigenvalue weighted by molar-refractivity contribution is 0.0800. The SMILES string of the molecule is CC#CC(C)(Oc1cc([C@](C)(O)C#CC)on1)C(C)C. The van der Waals surface area contributed by atoms with Crippen molar-refractivity contribution >= 4 is 0 Å².